The van der Waals surface area contributed by atoms with E-state index in [1.807, 2.05) is 12.1 Å². The summed E-state index contributed by atoms with van der Waals surface area (Å²) in [4.78, 5) is 0. The van der Waals surface area contributed by atoms with Gasteiger partial charge in [0.2, 0.25) is 0 Å². The number of methoxy groups -OCH3 is 2. The van der Waals surface area contributed by atoms with Crippen molar-refractivity contribution in [3.63, 3.8) is 0 Å². The van der Waals surface area contributed by atoms with Crippen LogP contribution in [-0.2, 0) is 0 Å². The highest BCUT2D eigenvalue weighted by molar-refractivity contribution is 5.42. The zero-order valence-electron chi connectivity index (χ0n) is 13.2. The van der Waals surface area contributed by atoms with E-state index in [1.54, 1.807) is 14.2 Å². The van der Waals surface area contributed by atoms with Gasteiger partial charge in [-0.05, 0) is 49.8 Å². The van der Waals surface area contributed by atoms with E-state index in [2.05, 4.69) is 25.2 Å². The Hall–Kier alpha value is -1.22. The molecule has 1 aliphatic rings. The molecule has 0 spiro atoms. The molecule has 1 fully saturated rings. The van der Waals surface area contributed by atoms with Crippen LogP contribution in [0.2, 0.25) is 0 Å². The molecule has 112 valence electrons. The van der Waals surface area contributed by atoms with Crippen LogP contribution in [0.4, 0.5) is 0 Å². The van der Waals surface area contributed by atoms with Crippen molar-refractivity contribution in [1.29, 1.82) is 0 Å². The smallest absolute Gasteiger partial charge is 0.123 e. The van der Waals surface area contributed by atoms with E-state index < -0.39 is 0 Å². The molecule has 0 aliphatic heterocycles. The van der Waals surface area contributed by atoms with Gasteiger partial charge in [0, 0.05) is 18.2 Å². The summed E-state index contributed by atoms with van der Waals surface area (Å²) in [6.07, 6.45) is 5.35. The van der Waals surface area contributed by atoms with Crippen LogP contribution in [0.15, 0.2) is 18.2 Å². The fourth-order valence-corrected chi connectivity index (χ4v) is 2.88. The quantitative estimate of drug-likeness (QED) is 0.781. The lowest BCUT2D eigenvalue weighted by Gasteiger charge is -2.22. The van der Waals surface area contributed by atoms with Crippen LogP contribution in [0, 0.1) is 5.41 Å². The lowest BCUT2D eigenvalue weighted by atomic mass is 9.99. The minimum absolute atomic E-state index is 0.273. The summed E-state index contributed by atoms with van der Waals surface area (Å²) < 4.78 is 10.8. The maximum Gasteiger partial charge on any atom is 0.123 e. The Morgan fingerprint density at radius 2 is 2.00 bits per heavy atom. The Bertz CT molecular complexity index is 441. The molecule has 1 aliphatic carbocycles. The van der Waals surface area contributed by atoms with Gasteiger partial charge in [0.1, 0.15) is 11.5 Å². The Balaban J connectivity index is 2.02. The highest BCUT2D eigenvalue weighted by Crippen LogP contribution is 2.49. The molecule has 0 bridgehead atoms. The van der Waals surface area contributed by atoms with Gasteiger partial charge in [0.15, 0.2) is 0 Å². The maximum atomic E-state index is 5.47. The van der Waals surface area contributed by atoms with Crippen molar-refractivity contribution in [3.8, 4) is 11.5 Å². The molecule has 2 rings (SSSR count). The van der Waals surface area contributed by atoms with Crippen molar-refractivity contribution >= 4 is 0 Å². The van der Waals surface area contributed by atoms with Crippen molar-refractivity contribution in [2.45, 2.75) is 45.6 Å². The van der Waals surface area contributed by atoms with Crippen LogP contribution in [0.25, 0.3) is 0 Å². The fraction of sp³-hybridized carbons (Fsp3) is 0.647. The van der Waals surface area contributed by atoms with E-state index in [9.17, 15) is 0 Å². The van der Waals surface area contributed by atoms with Gasteiger partial charge in [-0.1, -0.05) is 13.3 Å². The number of benzene rings is 1. The number of ether oxygens (including phenoxy) is 2. The molecule has 0 heterocycles. The molecule has 0 radical (unpaired) electrons. The molecule has 0 saturated heterocycles. The van der Waals surface area contributed by atoms with Gasteiger partial charge in [-0.15, -0.1) is 0 Å². The summed E-state index contributed by atoms with van der Waals surface area (Å²) in [7, 11) is 3.42. The molecular weight excluding hydrogens is 250 g/mol. The second-order valence-corrected chi connectivity index (χ2v) is 5.96. The van der Waals surface area contributed by atoms with Crippen molar-refractivity contribution in [3.05, 3.63) is 23.8 Å². The highest BCUT2D eigenvalue weighted by atomic mass is 16.5. The molecule has 1 aromatic carbocycles. The standard InChI is InChI=1S/C17H27NO2/c1-5-8-17(9-10-17)12-18-13(2)15-11-14(19-3)6-7-16(15)20-4/h6-7,11,13,18H,5,8-10,12H2,1-4H3. The lowest BCUT2D eigenvalue weighted by molar-refractivity contribution is 0.374. The van der Waals surface area contributed by atoms with Gasteiger partial charge in [-0.25, -0.2) is 0 Å². The second kappa shape index (κ2) is 6.49. The monoisotopic (exact) mass is 277 g/mol. The zero-order valence-corrected chi connectivity index (χ0v) is 13.2. The average molecular weight is 277 g/mol. The van der Waals surface area contributed by atoms with E-state index in [4.69, 9.17) is 9.47 Å². The first kappa shape index (κ1) is 15.2. The number of rotatable bonds is 8. The summed E-state index contributed by atoms with van der Waals surface area (Å²) >= 11 is 0. The Labute approximate surface area is 122 Å². The summed E-state index contributed by atoms with van der Waals surface area (Å²) in [5.41, 5.74) is 1.73. The van der Waals surface area contributed by atoms with Crippen LogP contribution in [-0.4, -0.2) is 20.8 Å². The molecule has 3 nitrogen and oxygen atoms in total. The Morgan fingerprint density at radius 3 is 2.55 bits per heavy atom. The molecular formula is C17H27NO2. The SMILES string of the molecule is CCCC1(CNC(C)c2cc(OC)ccc2OC)CC1. The van der Waals surface area contributed by atoms with Crippen molar-refractivity contribution in [1.82, 2.24) is 5.32 Å². The third kappa shape index (κ3) is 3.45. The molecule has 1 unspecified atom stereocenters. The molecule has 0 amide bonds. The third-order valence-corrected chi connectivity index (χ3v) is 4.42. The summed E-state index contributed by atoms with van der Waals surface area (Å²) in [5.74, 6) is 1.80. The third-order valence-electron chi connectivity index (χ3n) is 4.42. The van der Waals surface area contributed by atoms with Gasteiger partial charge in [-0.2, -0.15) is 0 Å². The van der Waals surface area contributed by atoms with E-state index >= 15 is 0 Å². The van der Waals surface area contributed by atoms with Crippen LogP contribution >= 0.6 is 0 Å². The van der Waals surface area contributed by atoms with E-state index in [1.165, 1.54) is 31.2 Å². The largest absolute Gasteiger partial charge is 0.497 e. The van der Waals surface area contributed by atoms with Crippen LogP contribution in [0.3, 0.4) is 0 Å². The van der Waals surface area contributed by atoms with Crippen molar-refractivity contribution in [2.24, 2.45) is 5.41 Å². The molecule has 0 aromatic heterocycles. The van der Waals surface area contributed by atoms with E-state index in [-0.39, 0.29) is 6.04 Å². The summed E-state index contributed by atoms with van der Waals surface area (Å²) in [6, 6.07) is 6.25. The maximum absolute atomic E-state index is 5.47. The topological polar surface area (TPSA) is 30.5 Å². The lowest BCUT2D eigenvalue weighted by Crippen LogP contribution is -2.27. The molecule has 1 aromatic rings. The predicted octanol–water partition coefficient (Wildman–Crippen LogP) is 3.93. The fourth-order valence-electron chi connectivity index (χ4n) is 2.88. The van der Waals surface area contributed by atoms with Gasteiger partial charge in [0.05, 0.1) is 14.2 Å². The van der Waals surface area contributed by atoms with Gasteiger partial charge < -0.3 is 14.8 Å². The second-order valence-electron chi connectivity index (χ2n) is 5.96. The van der Waals surface area contributed by atoms with Crippen LogP contribution < -0.4 is 14.8 Å². The van der Waals surface area contributed by atoms with Gasteiger partial charge in [-0.3, -0.25) is 0 Å². The van der Waals surface area contributed by atoms with E-state index in [0.29, 0.717) is 5.41 Å². The normalized spacial score (nSPS) is 17.6. The average Bonchev–Trinajstić information content (AvgIpc) is 3.24. The predicted molar refractivity (Wildman–Crippen MR) is 82.5 cm³/mol. The number of hydrogen-bond acceptors (Lipinski definition) is 3. The first-order valence-corrected chi connectivity index (χ1v) is 7.59. The van der Waals surface area contributed by atoms with Gasteiger partial charge in [0.25, 0.3) is 0 Å². The number of nitrogens with one attached hydrogen (secondary N) is 1. The van der Waals surface area contributed by atoms with Crippen molar-refractivity contribution in [2.75, 3.05) is 20.8 Å². The molecule has 1 saturated carbocycles. The van der Waals surface area contributed by atoms with Gasteiger partial charge >= 0.3 is 0 Å². The Kier molecular flexibility index (Phi) is 4.92. The van der Waals surface area contributed by atoms with Crippen LogP contribution in [0.1, 0.15) is 51.1 Å². The molecule has 3 heteroatoms. The highest BCUT2D eigenvalue weighted by Gasteiger charge is 2.41. The first-order valence-electron chi connectivity index (χ1n) is 7.59. The number of hydrogen-bond donors (Lipinski definition) is 1. The minimum atomic E-state index is 0.273. The molecule has 20 heavy (non-hydrogen) atoms. The van der Waals surface area contributed by atoms with E-state index in [0.717, 1.165) is 18.0 Å². The summed E-state index contributed by atoms with van der Waals surface area (Å²) in [6.45, 7) is 5.57. The Morgan fingerprint density at radius 1 is 1.25 bits per heavy atom. The zero-order chi connectivity index (χ0) is 14.6. The minimum Gasteiger partial charge on any atom is -0.497 e. The van der Waals surface area contributed by atoms with Crippen LogP contribution in [0.5, 0.6) is 11.5 Å². The molecule has 1 atom stereocenters. The van der Waals surface area contributed by atoms with Crippen molar-refractivity contribution < 1.29 is 9.47 Å². The molecule has 1 N–H and O–H groups in total. The first-order chi connectivity index (χ1) is 9.64. The summed E-state index contributed by atoms with van der Waals surface area (Å²) in [5, 5.41) is 3.68.